The summed E-state index contributed by atoms with van der Waals surface area (Å²) in [5.41, 5.74) is 1.98. The van der Waals surface area contributed by atoms with Gasteiger partial charge in [-0.15, -0.1) is 0 Å². The van der Waals surface area contributed by atoms with Crippen molar-refractivity contribution in [3.8, 4) is 17.0 Å². The fraction of sp³-hybridized carbons (Fsp3) is 0.200. The lowest BCUT2D eigenvalue weighted by atomic mass is 10.2. The summed E-state index contributed by atoms with van der Waals surface area (Å²) in [7, 11) is 0. The molecule has 0 radical (unpaired) electrons. The molecule has 0 spiro atoms. The third-order valence-electron chi connectivity index (χ3n) is 2.86. The van der Waals surface area contributed by atoms with Gasteiger partial charge in [0.1, 0.15) is 5.75 Å². The van der Waals surface area contributed by atoms with Crippen LogP contribution in [0.15, 0.2) is 48.9 Å². The van der Waals surface area contributed by atoms with Crippen molar-refractivity contribution in [3.63, 3.8) is 0 Å². The largest absolute Gasteiger partial charge is 0.494 e. The van der Waals surface area contributed by atoms with Crippen LogP contribution in [0.4, 0.5) is 0 Å². The van der Waals surface area contributed by atoms with Crippen molar-refractivity contribution in [1.82, 2.24) is 14.4 Å². The number of rotatable bonds is 4. The Kier molecular flexibility index (Phi) is 3.14. The fourth-order valence-electron chi connectivity index (χ4n) is 1.91. The minimum Gasteiger partial charge on any atom is -0.494 e. The Morgan fingerprint density at radius 1 is 1.21 bits per heavy atom. The van der Waals surface area contributed by atoms with Gasteiger partial charge in [0.25, 0.3) is 0 Å². The maximum Gasteiger partial charge on any atom is 0.234 e. The second-order valence-corrected chi connectivity index (χ2v) is 4.33. The van der Waals surface area contributed by atoms with Crippen LogP contribution in [-0.2, 0) is 0 Å². The van der Waals surface area contributed by atoms with E-state index in [0.29, 0.717) is 5.78 Å². The number of ether oxygens (including phenoxy) is 1. The SMILES string of the molecule is CCCOc1ccc(-c2cn3cccnc3n2)cc1. The van der Waals surface area contributed by atoms with Gasteiger partial charge in [-0.3, -0.25) is 4.40 Å². The zero-order valence-electron chi connectivity index (χ0n) is 10.8. The Labute approximate surface area is 111 Å². The summed E-state index contributed by atoms with van der Waals surface area (Å²) >= 11 is 0. The number of fused-ring (bicyclic) bond motifs is 1. The van der Waals surface area contributed by atoms with E-state index in [1.807, 2.05) is 47.1 Å². The normalized spacial score (nSPS) is 10.8. The molecule has 19 heavy (non-hydrogen) atoms. The number of hydrogen-bond donors (Lipinski definition) is 0. The van der Waals surface area contributed by atoms with Crippen molar-refractivity contribution in [1.29, 1.82) is 0 Å². The predicted octanol–water partition coefficient (Wildman–Crippen LogP) is 3.19. The predicted molar refractivity (Wildman–Crippen MR) is 74.2 cm³/mol. The van der Waals surface area contributed by atoms with E-state index in [1.165, 1.54) is 0 Å². The maximum atomic E-state index is 5.57. The average molecular weight is 253 g/mol. The first kappa shape index (κ1) is 11.7. The lowest BCUT2D eigenvalue weighted by Crippen LogP contribution is -1.94. The van der Waals surface area contributed by atoms with Crippen molar-refractivity contribution in [2.75, 3.05) is 6.61 Å². The van der Waals surface area contributed by atoms with Gasteiger partial charge in [-0.05, 0) is 36.8 Å². The molecule has 0 saturated carbocycles. The molecule has 0 unspecified atom stereocenters. The molecule has 3 rings (SSSR count). The molecular weight excluding hydrogens is 238 g/mol. The molecule has 2 heterocycles. The van der Waals surface area contributed by atoms with Crippen molar-refractivity contribution < 1.29 is 4.74 Å². The smallest absolute Gasteiger partial charge is 0.234 e. The molecule has 0 aliphatic rings. The summed E-state index contributed by atoms with van der Waals surface area (Å²) < 4.78 is 7.48. The molecule has 1 aromatic carbocycles. The molecule has 0 bridgehead atoms. The number of benzene rings is 1. The highest BCUT2D eigenvalue weighted by Crippen LogP contribution is 2.21. The summed E-state index contributed by atoms with van der Waals surface area (Å²) in [5, 5.41) is 0. The van der Waals surface area contributed by atoms with E-state index in [0.717, 1.165) is 30.0 Å². The quantitative estimate of drug-likeness (QED) is 0.717. The van der Waals surface area contributed by atoms with Crippen molar-refractivity contribution in [2.45, 2.75) is 13.3 Å². The van der Waals surface area contributed by atoms with Crippen LogP contribution in [0, 0.1) is 0 Å². The standard InChI is InChI=1S/C15H15N3O/c1-2-10-19-13-6-4-12(5-7-13)14-11-18-9-3-8-16-15(18)17-14/h3-9,11H,2,10H2,1H3. The Hall–Kier alpha value is -2.36. The first-order valence-electron chi connectivity index (χ1n) is 6.40. The van der Waals surface area contributed by atoms with Gasteiger partial charge in [-0.2, -0.15) is 0 Å². The molecule has 2 aromatic heterocycles. The lowest BCUT2D eigenvalue weighted by Gasteiger charge is -2.04. The van der Waals surface area contributed by atoms with Gasteiger partial charge in [-0.25, -0.2) is 9.97 Å². The molecule has 0 aliphatic carbocycles. The van der Waals surface area contributed by atoms with Crippen LogP contribution < -0.4 is 4.74 Å². The van der Waals surface area contributed by atoms with Gasteiger partial charge in [-0.1, -0.05) is 6.92 Å². The lowest BCUT2D eigenvalue weighted by molar-refractivity contribution is 0.317. The summed E-state index contributed by atoms with van der Waals surface area (Å²) in [6.45, 7) is 2.84. The van der Waals surface area contributed by atoms with Crippen LogP contribution in [0.5, 0.6) is 5.75 Å². The number of imidazole rings is 1. The summed E-state index contributed by atoms with van der Waals surface area (Å²) in [5.74, 6) is 1.61. The highest BCUT2D eigenvalue weighted by Gasteiger charge is 2.04. The topological polar surface area (TPSA) is 39.4 Å². The van der Waals surface area contributed by atoms with Gasteiger partial charge < -0.3 is 4.74 Å². The van der Waals surface area contributed by atoms with Gasteiger partial charge >= 0.3 is 0 Å². The molecule has 0 saturated heterocycles. The minimum atomic E-state index is 0.712. The highest BCUT2D eigenvalue weighted by atomic mass is 16.5. The molecule has 0 atom stereocenters. The summed E-state index contributed by atoms with van der Waals surface area (Å²) in [6, 6.07) is 9.88. The van der Waals surface area contributed by atoms with Gasteiger partial charge in [0.15, 0.2) is 0 Å². The fourth-order valence-corrected chi connectivity index (χ4v) is 1.91. The second kappa shape index (κ2) is 5.10. The minimum absolute atomic E-state index is 0.712. The Bertz CT molecular complexity index is 640. The monoisotopic (exact) mass is 253 g/mol. The first-order chi connectivity index (χ1) is 9.36. The highest BCUT2D eigenvalue weighted by molar-refractivity contribution is 5.62. The molecule has 0 aliphatic heterocycles. The van der Waals surface area contributed by atoms with E-state index in [1.54, 1.807) is 6.20 Å². The zero-order chi connectivity index (χ0) is 13.1. The van der Waals surface area contributed by atoms with E-state index in [9.17, 15) is 0 Å². The number of nitrogens with zero attached hydrogens (tertiary/aromatic N) is 3. The van der Waals surface area contributed by atoms with Crippen molar-refractivity contribution in [3.05, 3.63) is 48.9 Å². The van der Waals surface area contributed by atoms with Crippen molar-refractivity contribution >= 4 is 5.78 Å². The molecule has 0 N–H and O–H groups in total. The van der Waals surface area contributed by atoms with Crippen LogP contribution >= 0.6 is 0 Å². The van der Waals surface area contributed by atoms with E-state index >= 15 is 0 Å². The zero-order valence-corrected chi connectivity index (χ0v) is 10.8. The van der Waals surface area contributed by atoms with Crippen LogP contribution in [0.25, 0.3) is 17.0 Å². The molecule has 4 heteroatoms. The van der Waals surface area contributed by atoms with Crippen molar-refractivity contribution in [2.24, 2.45) is 0 Å². The Morgan fingerprint density at radius 2 is 2.05 bits per heavy atom. The Morgan fingerprint density at radius 3 is 2.79 bits per heavy atom. The molecule has 96 valence electrons. The van der Waals surface area contributed by atoms with E-state index in [4.69, 9.17) is 4.74 Å². The van der Waals surface area contributed by atoms with E-state index in [2.05, 4.69) is 16.9 Å². The summed E-state index contributed by atoms with van der Waals surface area (Å²) in [6.07, 6.45) is 6.68. The van der Waals surface area contributed by atoms with Crippen LogP contribution in [0.1, 0.15) is 13.3 Å². The van der Waals surface area contributed by atoms with Gasteiger partial charge in [0.2, 0.25) is 5.78 Å². The molecular formula is C15H15N3O. The molecule has 0 fully saturated rings. The number of aromatic nitrogens is 3. The number of hydrogen-bond acceptors (Lipinski definition) is 3. The van der Waals surface area contributed by atoms with E-state index in [-0.39, 0.29) is 0 Å². The van der Waals surface area contributed by atoms with E-state index < -0.39 is 0 Å². The van der Waals surface area contributed by atoms with Gasteiger partial charge in [0.05, 0.1) is 12.3 Å². The Balaban J connectivity index is 1.88. The van der Waals surface area contributed by atoms with Crippen LogP contribution in [-0.4, -0.2) is 21.0 Å². The first-order valence-corrected chi connectivity index (χ1v) is 6.40. The van der Waals surface area contributed by atoms with Crippen LogP contribution in [0.2, 0.25) is 0 Å². The maximum absolute atomic E-state index is 5.57. The molecule has 3 aromatic rings. The third kappa shape index (κ3) is 2.42. The molecule has 0 amide bonds. The molecule has 4 nitrogen and oxygen atoms in total. The summed E-state index contributed by atoms with van der Waals surface area (Å²) in [4.78, 5) is 8.70. The van der Waals surface area contributed by atoms with Gasteiger partial charge in [0, 0.05) is 24.2 Å². The van der Waals surface area contributed by atoms with Crippen LogP contribution in [0.3, 0.4) is 0 Å². The second-order valence-electron chi connectivity index (χ2n) is 4.33. The average Bonchev–Trinajstić information content (AvgIpc) is 2.89. The third-order valence-corrected chi connectivity index (χ3v) is 2.86.